The molecule has 1 saturated carbocycles. The highest BCUT2D eigenvalue weighted by Gasteiger charge is 2.39. The summed E-state index contributed by atoms with van der Waals surface area (Å²) in [4.78, 5) is 2.74. The van der Waals surface area contributed by atoms with Gasteiger partial charge in [-0.15, -0.1) is 0 Å². The second kappa shape index (κ2) is 3.99. The number of nitrogens with one attached hydrogen (secondary N) is 1. The number of rotatable bonds is 2. The lowest BCUT2D eigenvalue weighted by molar-refractivity contribution is 0.0434. The third-order valence-electron chi connectivity index (χ3n) is 5.41. The molecule has 0 unspecified atom stereocenters. The highest BCUT2D eigenvalue weighted by atomic mass is 15.1. The zero-order valence-electron chi connectivity index (χ0n) is 10.7. The smallest absolute Gasteiger partial charge is 0.00353 e. The van der Waals surface area contributed by atoms with Crippen LogP contribution in [0.15, 0.2) is 0 Å². The van der Waals surface area contributed by atoms with Crippen LogP contribution < -0.4 is 5.32 Å². The predicted molar refractivity (Wildman–Crippen MR) is 67.6 cm³/mol. The highest BCUT2D eigenvalue weighted by Crippen LogP contribution is 2.43. The summed E-state index contributed by atoms with van der Waals surface area (Å²) in [5.41, 5.74) is 1.37. The van der Waals surface area contributed by atoms with Gasteiger partial charge in [-0.05, 0) is 62.6 Å². The fourth-order valence-corrected chi connectivity index (χ4v) is 3.89. The maximum Gasteiger partial charge on any atom is 0.00353 e. The zero-order valence-corrected chi connectivity index (χ0v) is 10.7. The first-order valence-electron chi connectivity index (χ1n) is 7.13. The van der Waals surface area contributed by atoms with Gasteiger partial charge in [-0.1, -0.05) is 13.3 Å². The van der Waals surface area contributed by atoms with Gasteiger partial charge >= 0.3 is 0 Å². The van der Waals surface area contributed by atoms with Crippen LogP contribution in [0.1, 0.15) is 45.4 Å². The van der Waals surface area contributed by atoms with E-state index in [0.29, 0.717) is 10.8 Å². The summed E-state index contributed by atoms with van der Waals surface area (Å²) >= 11 is 0. The van der Waals surface area contributed by atoms with Crippen LogP contribution in [0.3, 0.4) is 0 Å². The van der Waals surface area contributed by atoms with Gasteiger partial charge in [-0.3, -0.25) is 0 Å². The van der Waals surface area contributed by atoms with E-state index < -0.39 is 0 Å². The molecular weight excluding hydrogens is 196 g/mol. The Morgan fingerprint density at radius 1 is 1.06 bits per heavy atom. The third-order valence-corrected chi connectivity index (χ3v) is 5.41. The SMILES string of the molecule is CC1(CN2CCC3(CCNC3)CC2)CCC1. The monoisotopic (exact) mass is 222 g/mol. The van der Waals surface area contributed by atoms with Crippen molar-refractivity contribution >= 4 is 0 Å². The first kappa shape index (κ1) is 11.0. The largest absolute Gasteiger partial charge is 0.316 e. The molecule has 92 valence electrons. The summed E-state index contributed by atoms with van der Waals surface area (Å²) in [5.74, 6) is 0. The van der Waals surface area contributed by atoms with Crippen molar-refractivity contribution in [3.8, 4) is 0 Å². The molecule has 1 spiro atoms. The van der Waals surface area contributed by atoms with Crippen LogP contribution in [-0.2, 0) is 0 Å². The minimum Gasteiger partial charge on any atom is -0.316 e. The second-order valence-electron chi connectivity index (χ2n) is 6.87. The van der Waals surface area contributed by atoms with Crippen molar-refractivity contribution in [2.45, 2.75) is 45.4 Å². The lowest BCUT2D eigenvalue weighted by atomic mass is 9.69. The number of hydrogen-bond acceptors (Lipinski definition) is 2. The van der Waals surface area contributed by atoms with Crippen LogP contribution >= 0.6 is 0 Å². The molecule has 1 N–H and O–H groups in total. The Kier molecular flexibility index (Phi) is 2.75. The van der Waals surface area contributed by atoms with Crippen molar-refractivity contribution in [3.05, 3.63) is 0 Å². The Morgan fingerprint density at radius 2 is 1.81 bits per heavy atom. The van der Waals surface area contributed by atoms with E-state index in [2.05, 4.69) is 17.1 Å². The average molecular weight is 222 g/mol. The molecule has 2 heteroatoms. The van der Waals surface area contributed by atoms with Gasteiger partial charge in [-0.25, -0.2) is 0 Å². The van der Waals surface area contributed by atoms with Gasteiger partial charge in [-0.2, -0.15) is 0 Å². The van der Waals surface area contributed by atoms with E-state index in [1.165, 1.54) is 71.2 Å². The first-order chi connectivity index (χ1) is 7.70. The number of hydrogen-bond donors (Lipinski definition) is 1. The minimum atomic E-state index is 0.679. The van der Waals surface area contributed by atoms with Crippen LogP contribution in [0, 0.1) is 10.8 Å². The first-order valence-corrected chi connectivity index (χ1v) is 7.13. The lowest BCUT2D eigenvalue weighted by Crippen LogP contribution is -2.47. The van der Waals surface area contributed by atoms with Gasteiger partial charge in [0.05, 0.1) is 0 Å². The standard InChI is InChI=1S/C14H26N2/c1-13(3-2-4-13)12-16-9-6-14(7-10-16)5-8-15-11-14/h15H,2-12H2,1H3. The summed E-state index contributed by atoms with van der Waals surface area (Å²) in [6.45, 7) is 9.12. The maximum absolute atomic E-state index is 3.55. The van der Waals surface area contributed by atoms with Gasteiger partial charge in [0.2, 0.25) is 0 Å². The molecule has 0 aromatic carbocycles. The number of nitrogens with zero attached hydrogens (tertiary/aromatic N) is 1. The number of likely N-dealkylation sites (tertiary alicyclic amines) is 1. The summed E-state index contributed by atoms with van der Waals surface area (Å²) in [7, 11) is 0. The topological polar surface area (TPSA) is 15.3 Å². The van der Waals surface area contributed by atoms with Crippen molar-refractivity contribution in [3.63, 3.8) is 0 Å². The molecule has 0 bridgehead atoms. The fraction of sp³-hybridized carbons (Fsp3) is 1.00. The van der Waals surface area contributed by atoms with Crippen LogP contribution in [0.25, 0.3) is 0 Å². The van der Waals surface area contributed by atoms with E-state index in [4.69, 9.17) is 0 Å². The van der Waals surface area contributed by atoms with Gasteiger partial charge in [0.25, 0.3) is 0 Å². The molecule has 3 rings (SSSR count). The predicted octanol–water partition coefficient (Wildman–Crippen LogP) is 2.25. The molecule has 0 radical (unpaired) electrons. The lowest BCUT2D eigenvalue weighted by Gasteiger charge is -2.46. The Balaban J connectivity index is 1.50. The van der Waals surface area contributed by atoms with Crippen molar-refractivity contribution in [2.24, 2.45) is 10.8 Å². The van der Waals surface area contributed by atoms with Gasteiger partial charge < -0.3 is 10.2 Å². The molecule has 2 aliphatic heterocycles. The maximum atomic E-state index is 3.55. The fourth-order valence-electron chi connectivity index (χ4n) is 3.89. The Hall–Kier alpha value is -0.0800. The van der Waals surface area contributed by atoms with E-state index in [-0.39, 0.29) is 0 Å². The highest BCUT2D eigenvalue weighted by molar-refractivity contribution is 4.94. The van der Waals surface area contributed by atoms with Gasteiger partial charge in [0.1, 0.15) is 0 Å². The normalized spacial score (nSPS) is 32.8. The molecule has 2 saturated heterocycles. The molecule has 2 heterocycles. The molecule has 0 amide bonds. The summed E-state index contributed by atoms with van der Waals surface area (Å²) in [6.07, 6.45) is 8.72. The average Bonchev–Trinajstić information content (AvgIpc) is 2.69. The molecule has 0 aromatic rings. The van der Waals surface area contributed by atoms with Gasteiger partial charge in [0, 0.05) is 13.1 Å². The molecule has 1 aliphatic carbocycles. The van der Waals surface area contributed by atoms with Gasteiger partial charge in [0.15, 0.2) is 0 Å². The minimum absolute atomic E-state index is 0.679. The second-order valence-corrected chi connectivity index (χ2v) is 6.87. The van der Waals surface area contributed by atoms with E-state index in [9.17, 15) is 0 Å². The molecule has 16 heavy (non-hydrogen) atoms. The van der Waals surface area contributed by atoms with E-state index in [0.717, 1.165) is 0 Å². The van der Waals surface area contributed by atoms with E-state index in [1.807, 2.05) is 0 Å². The van der Waals surface area contributed by atoms with Crippen molar-refractivity contribution in [2.75, 3.05) is 32.7 Å². The van der Waals surface area contributed by atoms with E-state index >= 15 is 0 Å². The Labute approximate surface area is 99.8 Å². The van der Waals surface area contributed by atoms with Crippen LogP contribution in [-0.4, -0.2) is 37.6 Å². The molecular formula is C14H26N2. The summed E-state index contributed by atoms with van der Waals surface area (Å²) in [5, 5.41) is 3.55. The van der Waals surface area contributed by atoms with Crippen LogP contribution in [0.2, 0.25) is 0 Å². The van der Waals surface area contributed by atoms with Crippen LogP contribution in [0.4, 0.5) is 0 Å². The van der Waals surface area contributed by atoms with Crippen molar-refractivity contribution < 1.29 is 0 Å². The molecule has 2 nitrogen and oxygen atoms in total. The quantitative estimate of drug-likeness (QED) is 0.771. The number of piperidine rings is 1. The molecule has 3 fully saturated rings. The molecule has 3 aliphatic rings. The third kappa shape index (κ3) is 2.02. The van der Waals surface area contributed by atoms with Crippen molar-refractivity contribution in [1.29, 1.82) is 0 Å². The van der Waals surface area contributed by atoms with E-state index in [1.54, 1.807) is 0 Å². The Morgan fingerprint density at radius 3 is 2.31 bits per heavy atom. The zero-order chi connectivity index (χ0) is 11.1. The molecule has 0 aromatic heterocycles. The summed E-state index contributed by atoms with van der Waals surface area (Å²) in [6, 6.07) is 0. The van der Waals surface area contributed by atoms with Crippen LogP contribution in [0.5, 0.6) is 0 Å². The van der Waals surface area contributed by atoms with Crippen molar-refractivity contribution in [1.82, 2.24) is 10.2 Å². The summed E-state index contributed by atoms with van der Waals surface area (Å²) < 4.78 is 0. The Bertz CT molecular complexity index is 241. The molecule has 0 atom stereocenters.